The lowest BCUT2D eigenvalue weighted by molar-refractivity contribution is -0.167. The van der Waals surface area contributed by atoms with Crippen molar-refractivity contribution in [1.82, 2.24) is 31.1 Å². The predicted molar refractivity (Wildman–Crippen MR) is 224 cm³/mol. The van der Waals surface area contributed by atoms with Gasteiger partial charge in [-0.15, -0.1) is 0 Å². The van der Waals surface area contributed by atoms with Crippen molar-refractivity contribution in [1.29, 1.82) is 0 Å². The molecule has 352 valence electrons. The molecule has 10 atom stereocenters. The van der Waals surface area contributed by atoms with E-state index in [2.05, 4.69) is 30.4 Å². The Hall–Kier alpha value is -5.43. The summed E-state index contributed by atoms with van der Waals surface area (Å²) in [4.78, 5) is 105. The van der Waals surface area contributed by atoms with Crippen molar-refractivity contribution in [2.24, 2.45) is 28.3 Å². The SMILES string of the molecule is CC[C@H](C)[C@@H]1NC(=O)[C@H](Cc2ccccc2)N(C)C(=O)[C@H](C(C)C)N2C(=O)[C@H](CC[C@H]2O)NC(=O)[C@H](CCCN=C(N)N)NC(=O)[C@@H](NC(=O)[C@@H](CO)OS(=O)(=O)O)[C@H](C)OC1=O. The van der Waals surface area contributed by atoms with Crippen molar-refractivity contribution in [2.75, 3.05) is 20.2 Å². The van der Waals surface area contributed by atoms with Gasteiger partial charge >= 0.3 is 16.4 Å². The molecule has 2 fully saturated rings. The summed E-state index contributed by atoms with van der Waals surface area (Å²) in [6.45, 7) is 6.47. The molecule has 2 saturated heterocycles. The molecule has 11 N–H and O–H groups in total. The Balaban J connectivity index is 2.25. The number of aliphatic hydroxyl groups is 2. The van der Waals surface area contributed by atoms with Crippen LogP contribution in [0.15, 0.2) is 35.3 Å². The van der Waals surface area contributed by atoms with E-state index in [4.69, 9.17) is 16.2 Å². The maximum absolute atomic E-state index is 14.6. The largest absolute Gasteiger partial charge is 0.458 e. The quantitative estimate of drug-likeness (QED) is 0.0299. The zero-order valence-corrected chi connectivity index (χ0v) is 36.9. The lowest BCUT2D eigenvalue weighted by Crippen LogP contribution is -2.66. The zero-order valence-electron chi connectivity index (χ0n) is 36.1. The second-order valence-electron chi connectivity index (χ2n) is 15.9. The van der Waals surface area contributed by atoms with Gasteiger partial charge in [-0.3, -0.25) is 38.3 Å². The molecule has 2 bridgehead atoms. The summed E-state index contributed by atoms with van der Waals surface area (Å²) in [6.07, 6.45) is -5.54. The third-order valence-corrected chi connectivity index (χ3v) is 11.3. The van der Waals surface area contributed by atoms with Crippen molar-refractivity contribution < 1.29 is 65.7 Å². The van der Waals surface area contributed by atoms with E-state index < -0.39 is 125 Å². The first-order chi connectivity index (χ1) is 29.5. The van der Waals surface area contributed by atoms with Gasteiger partial charge < -0.3 is 57.5 Å². The molecule has 0 saturated carbocycles. The summed E-state index contributed by atoms with van der Waals surface area (Å²) in [5, 5.41) is 30.9. The number of aliphatic imine (C=N–C) groups is 1. The Bertz CT molecular complexity index is 1930. The van der Waals surface area contributed by atoms with Crippen LogP contribution in [0.2, 0.25) is 0 Å². The molecule has 0 spiro atoms. The van der Waals surface area contributed by atoms with Crippen LogP contribution in [0.25, 0.3) is 0 Å². The first kappa shape index (κ1) is 51.9. The molecule has 1 aromatic carbocycles. The Kier molecular flexibility index (Phi) is 19.2. The lowest BCUT2D eigenvalue weighted by atomic mass is 9.93. The normalized spacial score (nSPS) is 26.8. The summed E-state index contributed by atoms with van der Waals surface area (Å²) >= 11 is 0. The summed E-state index contributed by atoms with van der Waals surface area (Å²) in [7, 11) is -3.97. The van der Waals surface area contributed by atoms with Crippen molar-refractivity contribution in [3.05, 3.63) is 35.9 Å². The number of ether oxygens (including phenoxy) is 1. The molecular weight excluding hydrogens is 851 g/mol. The highest BCUT2D eigenvalue weighted by atomic mass is 32.3. The maximum Gasteiger partial charge on any atom is 0.398 e. The van der Waals surface area contributed by atoms with E-state index >= 15 is 0 Å². The van der Waals surface area contributed by atoms with E-state index in [9.17, 15) is 56.7 Å². The monoisotopic (exact) mass is 911 g/mol. The second-order valence-corrected chi connectivity index (χ2v) is 17.0. The van der Waals surface area contributed by atoms with Gasteiger partial charge in [0.25, 0.3) is 5.91 Å². The van der Waals surface area contributed by atoms with Gasteiger partial charge in [-0.2, -0.15) is 8.42 Å². The molecule has 0 unspecified atom stereocenters. The number of nitrogens with two attached hydrogens (primary N) is 2. The average Bonchev–Trinajstić information content (AvgIpc) is 3.21. The number of likely N-dealkylation sites (N-methyl/N-ethyl adjacent to an activating group) is 1. The molecular formula is C39H61N9O14S. The van der Waals surface area contributed by atoms with Crippen molar-refractivity contribution in [3.63, 3.8) is 0 Å². The number of carbonyl (C=O) groups excluding carboxylic acids is 7. The van der Waals surface area contributed by atoms with Crippen LogP contribution in [0.4, 0.5) is 0 Å². The van der Waals surface area contributed by atoms with Gasteiger partial charge in [0, 0.05) is 20.0 Å². The highest BCUT2D eigenvalue weighted by Gasteiger charge is 2.46. The topological polar surface area (TPSA) is 352 Å². The number of esters is 1. The standard InChI is InChI=1S/C39H61N9O14S/c1-7-21(4)29-38(57)61-22(5)30(46-34(53)27(19-49)62-63(58,59)60)35(54)43-24(14-11-17-42-39(40)41)32(51)44-25-15-16-28(50)48(36(25)55)31(20(2)3)37(56)47(6)26(33(52)45-29)18-23-12-9-8-10-13-23/h8-10,12-13,20-22,24-31,49-50H,7,11,14-19H2,1-6H3,(H,43,54)(H,44,51)(H,45,52)(H,46,53)(H4,40,41,42)(H,58,59,60)/t21-,22-,24-,25-,26-,27+,28+,29-,30-,31-/m0/s1. The molecule has 0 aromatic heterocycles. The van der Waals surface area contributed by atoms with Gasteiger partial charge in [-0.25, -0.2) is 8.98 Å². The number of amides is 6. The third-order valence-electron chi connectivity index (χ3n) is 10.9. The number of aliphatic hydroxyl groups excluding tert-OH is 2. The number of guanidine groups is 1. The number of nitrogens with one attached hydrogen (secondary N) is 4. The van der Waals surface area contributed by atoms with Crippen LogP contribution < -0.4 is 32.7 Å². The van der Waals surface area contributed by atoms with Gasteiger partial charge in [0.15, 0.2) is 12.1 Å². The summed E-state index contributed by atoms with van der Waals surface area (Å²) < 4.78 is 42.1. The molecule has 63 heavy (non-hydrogen) atoms. The summed E-state index contributed by atoms with van der Waals surface area (Å²) in [5.74, 6) is -8.63. The number of nitrogens with zero attached hydrogens (tertiary/aromatic N) is 3. The van der Waals surface area contributed by atoms with E-state index in [1.54, 1.807) is 58.0 Å². The number of fused-ring (bicyclic) bond motifs is 2. The van der Waals surface area contributed by atoms with E-state index in [-0.39, 0.29) is 44.6 Å². The number of piperidine rings is 1. The molecule has 2 heterocycles. The zero-order chi connectivity index (χ0) is 47.3. The van der Waals surface area contributed by atoms with Crippen LogP contribution in [0.1, 0.15) is 72.3 Å². The Morgan fingerprint density at radius 3 is 2.22 bits per heavy atom. The van der Waals surface area contributed by atoms with Crippen LogP contribution in [-0.2, 0) is 59.3 Å². The third kappa shape index (κ3) is 14.6. The molecule has 2 aliphatic heterocycles. The Labute approximate surface area is 366 Å². The van der Waals surface area contributed by atoms with Crippen LogP contribution in [0, 0.1) is 11.8 Å². The van der Waals surface area contributed by atoms with Crippen molar-refractivity contribution in [2.45, 2.75) is 128 Å². The van der Waals surface area contributed by atoms with E-state index in [1.807, 2.05) is 0 Å². The predicted octanol–water partition coefficient (Wildman–Crippen LogP) is -2.81. The first-order valence-electron chi connectivity index (χ1n) is 20.6. The van der Waals surface area contributed by atoms with Crippen molar-refractivity contribution >= 4 is 57.8 Å². The molecule has 1 aromatic rings. The van der Waals surface area contributed by atoms with Crippen LogP contribution in [0.5, 0.6) is 0 Å². The minimum absolute atomic E-state index is 0.0245. The van der Waals surface area contributed by atoms with E-state index in [0.29, 0.717) is 12.0 Å². The number of carbonyl (C=O) groups is 7. The van der Waals surface area contributed by atoms with E-state index in [1.165, 1.54) is 14.0 Å². The summed E-state index contributed by atoms with van der Waals surface area (Å²) in [6, 6.07) is -0.289. The van der Waals surface area contributed by atoms with Gasteiger partial charge in [0.2, 0.25) is 29.5 Å². The molecule has 3 rings (SSSR count). The van der Waals surface area contributed by atoms with E-state index in [0.717, 1.165) is 9.80 Å². The average molecular weight is 912 g/mol. The van der Waals surface area contributed by atoms with Crippen molar-refractivity contribution in [3.8, 4) is 0 Å². The first-order valence-corrected chi connectivity index (χ1v) is 21.9. The fraction of sp³-hybridized carbons (Fsp3) is 0.641. The van der Waals surface area contributed by atoms with Crippen LogP contribution in [0.3, 0.4) is 0 Å². The molecule has 0 aliphatic carbocycles. The van der Waals surface area contributed by atoms with Crippen LogP contribution in [-0.4, -0.2) is 155 Å². The number of cyclic esters (lactones) is 1. The van der Waals surface area contributed by atoms with Gasteiger partial charge in [0.05, 0.1) is 6.61 Å². The maximum atomic E-state index is 14.6. The lowest BCUT2D eigenvalue weighted by Gasteiger charge is -2.44. The number of benzene rings is 1. The van der Waals surface area contributed by atoms with Crippen LogP contribution >= 0.6 is 0 Å². The number of rotatable bonds is 14. The minimum Gasteiger partial charge on any atom is -0.458 e. The molecule has 23 nitrogen and oxygen atoms in total. The Morgan fingerprint density at radius 1 is 1.00 bits per heavy atom. The number of hydrogen-bond acceptors (Lipinski definition) is 14. The Morgan fingerprint density at radius 2 is 1.65 bits per heavy atom. The fourth-order valence-corrected chi connectivity index (χ4v) is 7.63. The fourth-order valence-electron chi connectivity index (χ4n) is 7.19. The van der Waals surface area contributed by atoms with Gasteiger partial charge in [-0.1, -0.05) is 64.4 Å². The number of hydrogen-bond donors (Lipinski definition) is 9. The van der Waals surface area contributed by atoms with Gasteiger partial charge in [0.1, 0.15) is 48.6 Å². The molecule has 0 radical (unpaired) electrons. The smallest absolute Gasteiger partial charge is 0.398 e. The highest BCUT2D eigenvalue weighted by Crippen LogP contribution is 2.26. The highest BCUT2D eigenvalue weighted by molar-refractivity contribution is 7.80. The molecule has 24 heteroatoms. The second kappa shape index (κ2) is 23.3. The molecule has 2 aliphatic rings. The minimum atomic E-state index is -5.33. The molecule has 6 amide bonds. The van der Waals surface area contributed by atoms with Gasteiger partial charge in [-0.05, 0) is 50.0 Å². The summed E-state index contributed by atoms with van der Waals surface area (Å²) in [5.41, 5.74) is 11.5.